The topological polar surface area (TPSA) is 110 Å². The van der Waals surface area contributed by atoms with Crippen LogP contribution in [0.5, 0.6) is 0 Å². The molecule has 7 heteroatoms. The van der Waals surface area contributed by atoms with Crippen molar-refractivity contribution in [2.75, 3.05) is 6.61 Å². The minimum atomic E-state index is -1.42. The van der Waals surface area contributed by atoms with E-state index in [-0.39, 0.29) is 13.0 Å². The lowest BCUT2D eigenvalue weighted by molar-refractivity contribution is -0.151. The lowest BCUT2D eigenvalue weighted by Gasteiger charge is -2.14. The zero-order chi connectivity index (χ0) is 13.4. The van der Waals surface area contributed by atoms with E-state index >= 15 is 0 Å². The van der Waals surface area contributed by atoms with Crippen LogP contribution >= 0.6 is 0 Å². The lowest BCUT2D eigenvalue weighted by Crippen LogP contribution is -2.46. The molecule has 0 rings (SSSR count). The first-order valence-corrected chi connectivity index (χ1v) is 5.06. The van der Waals surface area contributed by atoms with E-state index in [1.165, 1.54) is 0 Å². The average Bonchev–Trinajstić information content (AvgIpc) is 2.22. The number of hydrogen-bond acceptors (Lipinski definition) is 5. The van der Waals surface area contributed by atoms with E-state index in [2.05, 4.69) is 10.1 Å². The Morgan fingerprint density at radius 1 is 1.24 bits per heavy atom. The van der Waals surface area contributed by atoms with Gasteiger partial charge in [0.05, 0.1) is 13.0 Å². The molecule has 0 aliphatic heterocycles. The molecular formula is C10H15NO6. The van der Waals surface area contributed by atoms with Crippen LogP contribution in [0.1, 0.15) is 26.7 Å². The fraction of sp³-hybridized carbons (Fsp3) is 0.600. The highest BCUT2D eigenvalue weighted by Gasteiger charge is 2.28. The van der Waals surface area contributed by atoms with Crippen molar-refractivity contribution in [1.82, 2.24) is 5.32 Å². The molecule has 96 valence electrons. The molecule has 1 atom stereocenters. The van der Waals surface area contributed by atoms with Gasteiger partial charge in [-0.2, -0.15) is 0 Å². The number of Topliss-reactive ketones (excluding diaryl/α,β-unsaturated/α-hetero) is 1. The van der Waals surface area contributed by atoms with Gasteiger partial charge >= 0.3 is 11.9 Å². The van der Waals surface area contributed by atoms with Crippen LogP contribution in [0.2, 0.25) is 0 Å². The molecule has 2 N–H and O–H groups in total. The van der Waals surface area contributed by atoms with Crippen molar-refractivity contribution in [3.63, 3.8) is 0 Å². The maximum Gasteiger partial charge on any atom is 0.336 e. The van der Waals surface area contributed by atoms with Gasteiger partial charge in [-0.25, -0.2) is 4.79 Å². The van der Waals surface area contributed by atoms with Crippen LogP contribution in [0.25, 0.3) is 0 Å². The van der Waals surface area contributed by atoms with E-state index in [0.29, 0.717) is 0 Å². The molecule has 7 nitrogen and oxygen atoms in total. The maximum atomic E-state index is 11.5. The summed E-state index contributed by atoms with van der Waals surface area (Å²) in [7, 11) is 0. The van der Waals surface area contributed by atoms with Crippen molar-refractivity contribution in [2.45, 2.75) is 32.7 Å². The summed E-state index contributed by atoms with van der Waals surface area (Å²) < 4.78 is 4.61. The molecule has 17 heavy (non-hydrogen) atoms. The molecule has 0 bridgehead atoms. The molecule has 0 spiro atoms. The molecule has 0 heterocycles. The number of aliphatic carboxylic acids is 1. The number of carbonyl (C=O) groups is 4. The van der Waals surface area contributed by atoms with Gasteiger partial charge in [0.25, 0.3) is 0 Å². The van der Waals surface area contributed by atoms with Crippen molar-refractivity contribution in [3.05, 3.63) is 0 Å². The number of carboxylic acids is 1. The Hall–Kier alpha value is -1.92. The summed E-state index contributed by atoms with van der Waals surface area (Å²) in [6.45, 7) is 2.78. The van der Waals surface area contributed by atoms with Crippen LogP contribution in [0, 0.1) is 0 Å². The fourth-order valence-corrected chi connectivity index (χ4v) is 1.07. The third-order valence-electron chi connectivity index (χ3n) is 1.78. The minimum absolute atomic E-state index is 0.0706. The van der Waals surface area contributed by atoms with E-state index in [1.807, 2.05) is 0 Å². The number of ether oxygens (including phenoxy) is 1. The fourth-order valence-electron chi connectivity index (χ4n) is 1.07. The van der Waals surface area contributed by atoms with Gasteiger partial charge in [0.1, 0.15) is 0 Å². The summed E-state index contributed by atoms with van der Waals surface area (Å²) >= 11 is 0. The second-order valence-corrected chi connectivity index (χ2v) is 3.25. The number of ketones is 1. The molecule has 0 aliphatic carbocycles. The van der Waals surface area contributed by atoms with Crippen LogP contribution in [-0.2, 0) is 23.9 Å². The summed E-state index contributed by atoms with van der Waals surface area (Å²) in [6.07, 6.45) is -0.729. The Kier molecular flexibility index (Phi) is 6.54. The molecule has 0 fully saturated rings. The van der Waals surface area contributed by atoms with Crippen LogP contribution < -0.4 is 5.32 Å². The molecule has 0 saturated heterocycles. The van der Waals surface area contributed by atoms with Crippen molar-refractivity contribution in [3.8, 4) is 0 Å². The first-order valence-electron chi connectivity index (χ1n) is 5.06. The van der Waals surface area contributed by atoms with Crippen LogP contribution in [-0.4, -0.2) is 41.4 Å². The van der Waals surface area contributed by atoms with E-state index in [9.17, 15) is 19.2 Å². The van der Waals surface area contributed by atoms with Crippen LogP contribution in [0.4, 0.5) is 0 Å². The molecule has 0 aromatic heterocycles. The maximum absolute atomic E-state index is 11.5. The average molecular weight is 246 g/mol. The molecule has 0 aromatic carbocycles. The van der Waals surface area contributed by atoms with Crippen molar-refractivity contribution < 1.29 is 29.0 Å². The monoisotopic (exact) mass is 246 g/mol. The third-order valence-corrected chi connectivity index (χ3v) is 1.78. The summed E-state index contributed by atoms with van der Waals surface area (Å²) in [4.78, 5) is 44.0. The number of hydrogen-bond donors (Lipinski definition) is 2. The summed E-state index contributed by atoms with van der Waals surface area (Å²) in [6, 6.07) is -1.42. The second-order valence-electron chi connectivity index (χ2n) is 3.25. The summed E-state index contributed by atoms with van der Waals surface area (Å²) in [5, 5.41) is 10.5. The highest BCUT2D eigenvalue weighted by Crippen LogP contribution is 2.00. The Morgan fingerprint density at radius 3 is 2.24 bits per heavy atom. The Morgan fingerprint density at radius 2 is 1.82 bits per heavy atom. The van der Waals surface area contributed by atoms with Gasteiger partial charge in [-0.15, -0.1) is 0 Å². The number of carbonyl (C=O) groups excluding carboxylic acids is 3. The van der Waals surface area contributed by atoms with E-state index in [4.69, 9.17) is 5.11 Å². The largest absolute Gasteiger partial charge is 0.481 e. The first-order chi connectivity index (χ1) is 7.88. The quantitative estimate of drug-likeness (QED) is 0.355. The molecule has 1 unspecified atom stereocenters. The summed E-state index contributed by atoms with van der Waals surface area (Å²) in [5.74, 6) is -3.27. The normalized spacial score (nSPS) is 11.4. The SMILES string of the molecule is CCOC(=O)C(NC(C)=O)C(=O)[13CH2]CC(=O)O. The van der Waals surface area contributed by atoms with Crippen LogP contribution in [0.3, 0.4) is 0 Å². The standard InChI is InChI=1S/C10H15NO6/c1-3-17-10(16)9(11-6(2)12)7(13)4-5-8(14)15/h9H,3-5H2,1-2H3,(H,11,12)(H,14,15)/i4+1. The van der Waals surface area contributed by atoms with Gasteiger partial charge in [0.15, 0.2) is 11.8 Å². The molecule has 1 amide bonds. The number of nitrogens with one attached hydrogen (secondary N) is 1. The third kappa shape index (κ3) is 6.29. The van der Waals surface area contributed by atoms with E-state index in [1.54, 1.807) is 6.92 Å². The molecule has 0 aromatic rings. The smallest absolute Gasteiger partial charge is 0.336 e. The number of rotatable bonds is 7. The molecule has 0 aliphatic rings. The van der Waals surface area contributed by atoms with Crippen molar-refractivity contribution in [2.24, 2.45) is 0 Å². The highest BCUT2D eigenvalue weighted by atomic mass is 16.5. The van der Waals surface area contributed by atoms with Crippen molar-refractivity contribution in [1.29, 1.82) is 0 Å². The van der Waals surface area contributed by atoms with E-state index in [0.717, 1.165) is 6.92 Å². The predicted molar refractivity (Wildman–Crippen MR) is 56.1 cm³/mol. The predicted octanol–water partition coefficient (Wildman–Crippen LogP) is -0.512. The number of esters is 1. The molecule has 0 saturated carbocycles. The Balaban J connectivity index is 4.55. The van der Waals surface area contributed by atoms with Gasteiger partial charge in [0, 0.05) is 13.3 Å². The Labute approximate surface area is 98.1 Å². The van der Waals surface area contributed by atoms with Gasteiger partial charge in [-0.05, 0) is 6.92 Å². The van der Waals surface area contributed by atoms with Gasteiger partial charge in [-0.1, -0.05) is 0 Å². The summed E-state index contributed by atoms with van der Waals surface area (Å²) in [5.41, 5.74) is 0. The second kappa shape index (κ2) is 7.37. The van der Waals surface area contributed by atoms with Gasteiger partial charge in [0.2, 0.25) is 5.91 Å². The van der Waals surface area contributed by atoms with Gasteiger partial charge < -0.3 is 15.2 Å². The van der Waals surface area contributed by atoms with Crippen LogP contribution in [0.15, 0.2) is 0 Å². The Bertz CT molecular complexity index is 325. The number of amides is 1. The lowest BCUT2D eigenvalue weighted by atomic mass is 10.2. The molecular weight excluding hydrogens is 231 g/mol. The number of carboxylic acid groups (broad SMARTS) is 1. The zero-order valence-corrected chi connectivity index (χ0v) is 9.69. The highest BCUT2D eigenvalue weighted by molar-refractivity contribution is 6.06. The minimum Gasteiger partial charge on any atom is -0.481 e. The molecule has 0 radical (unpaired) electrons. The first kappa shape index (κ1) is 15.1. The van der Waals surface area contributed by atoms with Gasteiger partial charge in [-0.3, -0.25) is 14.4 Å². The van der Waals surface area contributed by atoms with E-state index < -0.39 is 36.1 Å². The zero-order valence-electron chi connectivity index (χ0n) is 9.69. The van der Waals surface area contributed by atoms with Crippen molar-refractivity contribution >= 4 is 23.6 Å².